The molecule has 0 radical (unpaired) electrons. The van der Waals surface area contributed by atoms with E-state index >= 15 is 0 Å². The number of aliphatic hydroxyl groups is 1. The van der Waals surface area contributed by atoms with E-state index in [-0.39, 0.29) is 46.6 Å². The molecule has 0 aliphatic heterocycles. The van der Waals surface area contributed by atoms with Crippen molar-refractivity contribution in [3.05, 3.63) is 78.2 Å². The summed E-state index contributed by atoms with van der Waals surface area (Å²) in [5.41, 5.74) is 1.23. The van der Waals surface area contributed by atoms with Gasteiger partial charge in [0.25, 0.3) is 10.0 Å². The van der Waals surface area contributed by atoms with Crippen LogP contribution in [-0.4, -0.2) is 47.2 Å². The standard InChI is InChI=1S/C28H31N5O5S/c1-28(2,3)19-12-14-20(15-13-19)39(35,36)33-25-24(38-23-11-6-5-10-22(23)37-4)21(9-7-18-34)31-27(32-25)26-29-16-8-17-30-26/h5-6,8,10-17,34H,7,9,18H2,1-4H3,(H,31,32,33). The van der Waals surface area contributed by atoms with Crippen molar-refractivity contribution in [2.75, 3.05) is 18.4 Å². The van der Waals surface area contributed by atoms with E-state index in [1.807, 2.05) is 0 Å². The minimum absolute atomic E-state index is 0.0618. The first-order valence-electron chi connectivity index (χ1n) is 12.4. The van der Waals surface area contributed by atoms with Crippen LogP contribution in [0.5, 0.6) is 17.2 Å². The summed E-state index contributed by atoms with van der Waals surface area (Å²) in [5, 5.41) is 9.52. The number of aryl methyl sites for hydroxylation is 1. The minimum Gasteiger partial charge on any atom is -0.493 e. The number of hydrogen-bond acceptors (Lipinski definition) is 9. The SMILES string of the molecule is COc1ccccc1Oc1c(CCCO)nc(-c2ncccn2)nc1NS(=O)(=O)c1ccc(C(C)(C)C)cc1. The number of para-hydroxylation sites is 2. The third-order valence-corrected chi connectivity index (χ3v) is 7.17. The predicted octanol–water partition coefficient (Wildman–Crippen LogP) is 4.76. The molecule has 0 amide bonds. The highest BCUT2D eigenvalue weighted by molar-refractivity contribution is 7.92. The normalized spacial score (nSPS) is 11.7. The molecular formula is C28H31N5O5S. The zero-order valence-corrected chi connectivity index (χ0v) is 23.1. The van der Waals surface area contributed by atoms with Gasteiger partial charge in [-0.15, -0.1) is 0 Å². The third-order valence-electron chi connectivity index (χ3n) is 5.82. The second kappa shape index (κ2) is 11.7. The molecule has 2 aromatic heterocycles. The van der Waals surface area contributed by atoms with Gasteiger partial charge in [0.15, 0.2) is 34.7 Å². The Bertz CT molecular complexity index is 1520. The predicted molar refractivity (Wildman–Crippen MR) is 147 cm³/mol. The average molecular weight is 550 g/mol. The van der Waals surface area contributed by atoms with Crippen LogP contribution in [0.3, 0.4) is 0 Å². The van der Waals surface area contributed by atoms with Crippen molar-refractivity contribution >= 4 is 15.8 Å². The highest BCUT2D eigenvalue weighted by Gasteiger charge is 2.25. The Kier molecular flexibility index (Phi) is 8.41. The van der Waals surface area contributed by atoms with E-state index in [1.165, 1.54) is 7.11 Å². The van der Waals surface area contributed by atoms with Gasteiger partial charge in [-0.2, -0.15) is 0 Å². The number of nitrogens with one attached hydrogen (secondary N) is 1. The van der Waals surface area contributed by atoms with Crippen LogP contribution in [0.25, 0.3) is 11.6 Å². The lowest BCUT2D eigenvalue weighted by Gasteiger charge is -2.20. The molecule has 0 saturated carbocycles. The molecule has 2 heterocycles. The number of sulfonamides is 1. The lowest BCUT2D eigenvalue weighted by molar-refractivity contribution is 0.287. The molecule has 0 spiro atoms. The highest BCUT2D eigenvalue weighted by Crippen LogP contribution is 2.38. The number of nitrogens with zero attached hydrogens (tertiary/aromatic N) is 4. The van der Waals surface area contributed by atoms with Gasteiger partial charge >= 0.3 is 0 Å². The van der Waals surface area contributed by atoms with Crippen LogP contribution in [-0.2, 0) is 21.9 Å². The molecule has 11 heteroatoms. The smallest absolute Gasteiger partial charge is 0.263 e. The number of aromatic nitrogens is 4. The highest BCUT2D eigenvalue weighted by atomic mass is 32.2. The van der Waals surface area contributed by atoms with Crippen molar-refractivity contribution in [1.29, 1.82) is 0 Å². The van der Waals surface area contributed by atoms with Crippen LogP contribution in [0.15, 0.2) is 71.9 Å². The average Bonchev–Trinajstić information content (AvgIpc) is 2.93. The first-order valence-corrected chi connectivity index (χ1v) is 13.8. The van der Waals surface area contributed by atoms with E-state index in [0.29, 0.717) is 23.6 Å². The molecule has 0 fully saturated rings. The second-order valence-electron chi connectivity index (χ2n) is 9.70. The van der Waals surface area contributed by atoms with Crippen molar-refractivity contribution < 1.29 is 23.0 Å². The summed E-state index contributed by atoms with van der Waals surface area (Å²) in [6.07, 6.45) is 3.71. The van der Waals surface area contributed by atoms with E-state index < -0.39 is 10.0 Å². The number of ether oxygens (including phenoxy) is 2. The molecule has 4 rings (SSSR count). The van der Waals surface area contributed by atoms with Crippen LogP contribution >= 0.6 is 0 Å². The topological polar surface area (TPSA) is 136 Å². The number of benzene rings is 2. The zero-order chi connectivity index (χ0) is 28.0. The van der Waals surface area contributed by atoms with Gasteiger partial charge in [0.1, 0.15) is 0 Å². The maximum Gasteiger partial charge on any atom is 0.263 e. The fourth-order valence-electron chi connectivity index (χ4n) is 3.74. The third kappa shape index (κ3) is 6.68. The Morgan fingerprint density at radius 2 is 1.56 bits per heavy atom. The van der Waals surface area contributed by atoms with Crippen LogP contribution in [0.1, 0.15) is 38.4 Å². The first kappa shape index (κ1) is 27.9. The maximum absolute atomic E-state index is 13.5. The number of anilines is 1. The summed E-state index contributed by atoms with van der Waals surface area (Å²) in [6, 6.07) is 15.3. The fourth-order valence-corrected chi connectivity index (χ4v) is 4.74. The van der Waals surface area contributed by atoms with E-state index in [1.54, 1.807) is 67.0 Å². The van der Waals surface area contributed by atoms with Crippen molar-refractivity contribution in [2.24, 2.45) is 0 Å². The molecule has 0 aliphatic carbocycles. The number of aliphatic hydroxyl groups excluding tert-OH is 1. The largest absolute Gasteiger partial charge is 0.493 e. The quantitative estimate of drug-likeness (QED) is 0.287. The van der Waals surface area contributed by atoms with Crippen LogP contribution in [0.2, 0.25) is 0 Å². The van der Waals surface area contributed by atoms with Gasteiger partial charge in [-0.1, -0.05) is 45.0 Å². The molecule has 0 saturated heterocycles. The molecule has 10 nitrogen and oxygen atoms in total. The molecule has 0 aliphatic rings. The molecule has 0 unspecified atom stereocenters. The monoisotopic (exact) mass is 549 g/mol. The van der Waals surface area contributed by atoms with E-state index in [4.69, 9.17) is 9.47 Å². The molecule has 39 heavy (non-hydrogen) atoms. The Hall–Kier alpha value is -4.09. The summed E-state index contributed by atoms with van der Waals surface area (Å²) < 4.78 is 41.3. The molecule has 0 bridgehead atoms. The summed E-state index contributed by atoms with van der Waals surface area (Å²) in [5.74, 6) is 1.09. The van der Waals surface area contributed by atoms with Crippen molar-refractivity contribution in [3.63, 3.8) is 0 Å². The minimum atomic E-state index is -4.08. The molecule has 4 aromatic rings. The second-order valence-corrected chi connectivity index (χ2v) is 11.4. The van der Waals surface area contributed by atoms with Gasteiger partial charge in [0.05, 0.1) is 17.7 Å². The summed E-state index contributed by atoms with van der Waals surface area (Å²) >= 11 is 0. The van der Waals surface area contributed by atoms with Crippen LogP contribution < -0.4 is 14.2 Å². The Balaban J connectivity index is 1.85. The van der Waals surface area contributed by atoms with Crippen LogP contribution in [0.4, 0.5) is 5.82 Å². The van der Waals surface area contributed by atoms with E-state index in [2.05, 4.69) is 45.4 Å². The molecular weight excluding hydrogens is 518 g/mol. The van der Waals surface area contributed by atoms with Gasteiger partial charge in [-0.3, -0.25) is 4.72 Å². The first-order chi connectivity index (χ1) is 18.6. The zero-order valence-electron chi connectivity index (χ0n) is 22.2. The fraction of sp³-hybridized carbons (Fsp3) is 0.286. The Morgan fingerprint density at radius 1 is 0.897 bits per heavy atom. The van der Waals surface area contributed by atoms with Crippen molar-refractivity contribution in [2.45, 2.75) is 43.9 Å². The van der Waals surface area contributed by atoms with Gasteiger partial charge in [-0.25, -0.2) is 28.4 Å². The van der Waals surface area contributed by atoms with Crippen molar-refractivity contribution in [3.8, 4) is 28.9 Å². The number of rotatable bonds is 10. The number of hydrogen-bond donors (Lipinski definition) is 2. The molecule has 2 N–H and O–H groups in total. The van der Waals surface area contributed by atoms with E-state index in [0.717, 1.165) is 5.56 Å². The lowest BCUT2D eigenvalue weighted by atomic mass is 9.87. The van der Waals surface area contributed by atoms with Gasteiger partial charge < -0.3 is 14.6 Å². The van der Waals surface area contributed by atoms with Crippen molar-refractivity contribution in [1.82, 2.24) is 19.9 Å². The van der Waals surface area contributed by atoms with E-state index in [9.17, 15) is 13.5 Å². The van der Waals surface area contributed by atoms with Gasteiger partial charge in [-0.05, 0) is 54.2 Å². The summed E-state index contributed by atoms with van der Waals surface area (Å²) in [4.78, 5) is 17.6. The Labute approximate surface area is 228 Å². The Morgan fingerprint density at radius 3 is 2.18 bits per heavy atom. The molecule has 2 aromatic carbocycles. The molecule has 0 atom stereocenters. The summed E-state index contributed by atoms with van der Waals surface area (Å²) in [6.45, 7) is 6.06. The summed E-state index contributed by atoms with van der Waals surface area (Å²) in [7, 11) is -2.58. The van der Waals surface area contributed by atoms with Crippen LogP contribution in [0, 0.1) is 0 Å². The van der Waals surface area contributed by atoms with Gasteiger partial charge in [0, 0.05) is 19.0 Å². The van der Waals surface area contributed by atoms with Gasteiger partial charge in [0.2, 0.25) is 0 Å². The molecule has 204 valence electrons. The maximum atomic E-state index is 13.5. The number of methoxy groups -OCH3 is 1. The lowest BCUT2D eigenvalue weighted by Crippen LogP contribution is -2.17.